The van der Waals surface area contributed by atoms with E-state index < -0.39 is 0 Å². The van der Waals surface area contributed by atoms with Gasteiger partial charge < -0.3 is 10.6 Å². The van der Waals surface area contributed by atoms with Crippen LogP contribution in [0.25, 0.3) is 0 Å². The van der Waals surface area contributed by atoms with Crippen molar-refractivity contribution < 1.29 is 4.84 Å². The normalized spacial score (nSPS) is 55.6. The van der Waals surface area contributed by atoms with Crippen LogP contribution in [0.4, 0.5) is 0 Å². The van der Waals surface area contributed by atoms with Crippen LogP contribution in [0, 0.1) is 11.8 Å². The van der Waals surface area contributed by atoms with E-state index in [2.05, 4.69) is 17.1 Å². The van der Waals surface area contributed by atoms with Gasteiger partial charge in [0.1, 0.15) is 7.11 Å². The van der Waals surface area contributed by atoms with Crippen LogP contribution in [0.15, 0.2) is 5.16 Å². The Balaban J connectivity index is 1.95. The fourth-order valence-corrected chi connectivity index (χ4v) is 3.50. The van der Waals surface area contributed by atoms with Gasteiger partial charge in [0.25, 0.3) is 0 Å². The lowest BCUT2D eigenvalue weighted by atomic mass is 9.46. The Labute approximate surface area is 77.7 Å². The van der Waals surface area contributed by atoms with Crippen LogP contribution in [0.3, 0.4) is 0 Å². The van der Waals surface area contributed by atoms with Crippen molar-refractivity contribution in [3.63, 3.8) is 0 Å². The van der Waals surface area contributed by atoms with Gasteiger partial charge in [-0.2, -0.15) is 0 Å². The molecular formula is C9H15N3O. The molecule has 3 rings (SSSR count). The summed E-state index contributed by atoms with van der Waals surface area (Å²) >= 11 is 0. The summed E-state index contributed by atoms with van der Waals surface area (Å²) in [5.41, 5.74) is 7.19. The minimum Gasteiger partial charge on any atom is -0.399 e. The molecule has 0 radical (unpaired) electrons. The molecule has 3 fully saturated rings. The Morgan fingerprint density at radius 3 is 3.15 bits per heavy atom. The van der Waals surface area contributed by atoms with Gasteiger partial charge in [-0.05, 0) is 19.4 Å². The van der Waals surface area contributed by atoms with Crippen LogP contribution < -0.4 is 5.73 Å². The van der Waals surface area contributed by atoms with Gasteiger partial charge in [0.2, 0.25) is 0 Å². The predicted molar refractivity (Wildman–Crippen MR) is 49.4 cm³/mol. The third-order valence-corrected chi connectivity index (χ3v) is 3.99. The lowest BCUT2D eigenvalue weighted by Crippen LogP contribution is -2.79. The van der Waals surface area contributed by atoms with Crippen molar-refractivity contribution in [1.82, 2.24) is 4.90 Å². The molecule has 0 aromatic heterocycles. The Morgan fingerprint density at radius 2 is 2.46 bits per heavy atom. The van der Waals surface area contributed by atoms with E-state index in [9.17, 15) is 0 Å². The maximum atomic E-state index is 6.23. The van der Waals surface area contributed by atoms with Crippen LogP contribution in [-0.2, 0) is 4.84 Å². The Morgan fingerprint density at radius 1 is 1.69 bits per heavy atom. The van der Waals surface area contributed by atoms with E-state index in [-0.39, 0.29) is 5.54 Å². The van der Waals surface area contributed by atoms with E-state index in [1.807, 2.05) is 0 Å². The van der Waals surface area contributed by atoms with Gasteiger partial charge in [-0.3, -0.25) is 4.90 Å². The van der Waals surface area contributed by atoms with Crippen LogP contribution >= 0.6 is 0 Å². The second kappa shape index (κ2) is 2.07. The zero-order valence-electron chi connectivity index (χ0n) is 8.03. The summed E-state index contributed by atoms with van der Waals surface area (Å²) in [6, 6.07) is 0.476. The van der Waals surface area contributed by atoms with Crippen molar-refractivity contribution in [1.29, 1.82) is 0 Å². The molecule has 0 amide bonds. The molecule has 0 aromatic carbocycles. The summed E-state index contributed by atoms with van der Waals surface area (Å²) in [7, 11) is 3.74. The van der Waals surface area contributed by atoms with E-state index >= 15 is 0 Å². The van der Waals surface area contributed by atoms with Crippen molar-refractivity contribution in [2.45, 2.75) is 18.0 Å². The molecule has 3 aliphatic rings. The molecule has 72 valence electrons. The predicted octanol–water partition coefficient (Wildman–Crippen LogP) is -0.350. The Kier molecular flexibility index (Phi) is 1.23. The van der Waals surface area contributed by atoms with E-state index in [0.717, 1.165) is 18.1 Å². The quantitative estimate of drug-likeness (QED) is 0.562. The smallest absolute Gasteiger partial charge is 0.106 e. The molecule has 4 unspecified atom stereocenters. The minimum absolute atomic E-state index is 0.101. The molecule has 13 heavy (non-hydrogen) atoms. The third kappa shape index (κ3) is 0.647. The summed E-state index contributed by atoms with van der Waals surface area (Å²) < 4.78 is 0. The van der Waals surface area contributed by atoms with Gasteiger partial charge in [-0.1, -0.05) is 5.16 Å². The Bertz CT molecular complexity index is 291. The average molecular weight is 181 g/mol. The number of hydrogen-bond donors (Lipinski definition) is 1. The van der Waals surface area contributed by atoms with Crippen molar-refractivity contribution >= 4 is 5.71 Å². The first-order valence-electron chi connectivity index (χ1n) is 4.79. The van der Waals surface area contributed by atoms with Gasteiger partial charge in [0.05, 0.1) is 17.3 Å². The lowest BCUT2D eigenvalue weighted by Gasteiger charge is -2.61. The number of rotatable bonds is 1. The first-order valence-corrected chi connectivity index (χ1v) is 4.79. The summed E-state index contributed by atoms with van der Waals surface area (Å²) in [6.45, 7) is 1.18. The van der Waals surface area contributed by atoms with Crippen molar-refractivity contribution in [3.8, 4) is 0 Å². The fourth-order valence-electron chi connectivity index (χ4n) is 3.50. The van der Waals surface area contributed by atoms with E-state index in [0.29, 0.717) is 12.0 Å². The maximum absolute atomic E-state index is 6.23. The van der Waals surface area contributed by atoms with E-state index in [4.69, 9.17) is 10.6 Å². The summed E-state index contributed by atoms with van der Waals surface area (Å²) in [5.74, 6) is 1.47. The number of nitrogens with zero attached hydrogens (tertiary/aromatic N) is 2. The molecule has 1 heterocycles. The third-order valence-electron chi connectivity index (χ3n) is 3.99. The molecule has 0 aromatic rings. The standard InChI is InChI=1S/C9H15N3O/c1-12-4-5-3-9(10)6(5)7(12)8(9)11-13-2/h5-7H,3-4,10H2,1-2H3/b11-8-. The van der Waals surface area contributed by atoms with Crippen molar-refractivity contribution in [2.75, 3.05) is 20.7 Å². The molecule has 4 atom stereocenters. The monoisotopic (exact) mass is 181 g/mol. The molecular weight excluding hydrogens is 166 g/mol. The topological polar surface area (TPSA) is 50.8 Å². The van der Waals surface area contributed by atoms with Crippen molar-refractivity contribution in [3.05, 3.63) is 0 Å². The van der Waals surface area contributed by atoms with Gasteiger partial charge >= 0.3 is 0 Å². The van der Waals surface area contributed by atoms with E-state index in [1.54, 1.807) is 7.11 Å². The van der Waals surface area contributed by atoms with Crippen LogP contribution in [0.1, 0.15) is 6.42 Å². The highest BCUT2D eigenvalue weighted by Crippen LogP contribution is 2.59. The lowest BCUT2D eigenvalue weighted by molar-refractivity contribution is 0.0663. The molecule has 2 aliphatic carbocycles. The molecule has 1 saturated heterocycles. The fraction of sp³-hybridized carbons (Fsp3) is 0.889. The van der Waals surface area contributed by atoms with Gasteiger partial charge in [0, 0.05) is 12.5 Å². The number of oxime groups is 1. The molecule has 2 saturated carbocycles. The van der Waals surface area contributed by atoms with Crippen molar-refractivity contribution in [2.24, 2.45) is 22.7 Å². The summed E-state index contributed by atoms with van der Waals surface area (Å²) in [4.78, 5) is 7.20. The molecule has 2 N–H and O–H groups in total. The van der Waals surface area contributed by atoms with Crippen LogP contribution in [-0.4, -0.2) is 42.9 Å². The van der Waals surface area contributed by atoms with E-state index in [1.165, 1.54) is 6.54 Å². The van der Waals surface area contributed by atoms with Crippen LogP contribution in [0.2, 0.25) is 0 Å². The molecule has 4 heteroatoms. The van der Waals surface area contributed by atoms with Gasteiger partial charge in [-0.25, -0.2) is 0 Å². The second-order valence-corrected chi connectivity index (χ2v) is 4.57. The first-order chi connectivity index (χ1) is 6.18. The molecule has 0 bridgehead atoms. The average Bonchev–Trinajstić information content (AvgIpc) is 2.26. The number of hydrogen-bond acceptors (Lipinski definition) is 4. The zero-order valence-corrected chi connectivity index (χ0v) is 8.03. The summed E-state index contributed by atoms with van der Waals surface area (Å²) in [5, 5.41) is 4.06. The van der Waals surface area contributed by atoms with Gasteiger partial charge in [-0.15, -0.1) is 0 Å². The number of likely N-dealkylation sites (tertiary alicyclic amines) is 1. The molecule has 4 nitrogen and oxygen atoms in total. The highest BCUT2D eigenvalue weighted by Gasteiger charge is 2.72. The second-order valence-electron chi connectivity index (χ2n) is 4.57. The van der Waals surface area contributed by atoms with Crippen LogP contribution in [0.5, 0.6) is 0 Å². The minimum atomic E-state index is -0.101. The van der Waals surface area contributed by atoms with Gasteiger partial charge in [0.15, 0.2) is 0 Å². The largest absolute Gasteiger partial charge is 0.399 e. The summed E-state index contributed by atoms with van der Waals surface area (Å²) in [6.07, 6.45) is 1.10. The highest BCUT2D eigenvalue weighted by molar-refractivity contribution is 6.06. The maximum Gasteiger partial charge on any atom is 0.106 e. The highest BCUT2D eigenvalue weighted by atomic mass is 16.6. The SMILES string of the molecule is CO/N=C1/C2C3C(CN2C)CC13N. The zero-order chi connectivity index (χ0) is 9.22. The first kappa shape index (κ1) is 7.76. The molecule has 0 spiro atoms. The number of nitrogens with two attached hydrogens (primary N) is 1. The molecule has 1 aliphatic heterocycles. The Hall–Kier alpha value is -0.610.